The smallest absolute Gasteiger partial charge is 0.292 e. The summed E-state index contributed by atoms with van der Waals surface area (Å²) < 4.78 is 0. The van der Waals surface area contributed by atoms with Gasteiger partial charge in [0, 0.05) is 24.8 Å². The molecule has 0 spiro atoms. The Balaban J connectivity index is 1.80. The lowest BCUT2D eigenvalue weighted by Crippen LogP contribution is -2.32. The molecule has 0 aliphatic heterocycles. The Morgan fingerprint density at radius 3 is 2.46 bits per heavy atom. The Kier molecular flexibility index (Phi) is 6.51. The van der Waals surface area contributed by atoms with Crippen LogP contribution in [0.5, 0.6) is 0 Å². The first kappa shape index (κ1) is 17.7. The number of nitro benzene ring substituents is 1. The van der Waals surface area contributed by atoms with Gasteiger partial charge in [-0.3, -0.25) is 10.1 Å². The van der Waals surface area contributed by atoms with E-state index in [0.29, 0.717) is 23.9 Å². The summed E-state index contributed by atoms with van der Waals surface area (Å²) in [6, 6.07) is 14.6. The van der Waals surface area contributed by atoms with Gasteiger partial charge in [0.15, 0.2) is 5.11 Å². The van der Waals surface area contributed by atoms with Crippen molar-refractivity contribution < 1.29 is 4.92 Å². The van der Waals surface area contributed by atoms with E-state index >= 15 is 0 Å². The monoisotopic (exact) mass is 344 g/mol. The molecule has 0 saturated carbocycles. The van der Waals surface area contributed by atoms with Gasteiger partial charge >= 0.3 is 0 Å². The number of hydrogen-bond donors (Lipinski definition) is 3. The highest BCUT2D eigenvalue weighted by Gasteiger charge is 2.11. The summed E-state index contributed by atoms with van der Waals surface area (Å²) in [7, 11) is 0. The standard InChI is InChI=1S/C17H20N4O2S/c1-2-13-7-3-4-8-14(13)20-17(24)19-12-11-18-15-9-5-6-10-16(15)21(22)23/h3-10,18H,2,11-12H2,1H3,(H2,19,20,24). The summed E-state index contributed by atoms with van der Waals surface area (Å²) in [6.07, 6.45) is 0.922. The minimum atomic E-state index is -0.399. The van der Waals surface area contributed by atoms with Crippen molar-refractivity contribution in [2.24, 2.45) is 0 Å². The summed E-state index contributed by atoms with van der Waals surface area (Å²) in [5.74, 6) is 0. The molecule has 0 atom stereocenters. The molecule has 24 heavy (non-hydrogen) atoms. The predicted molar refractivity (Wildman–Crippen MR) is 102 cm³/mol. The first-order valence-corrected chi connectivity index (χ1v) is 8.12. The number of anilines is 2. The number of para-hydroxylation sites is 3. The van der Waals surface area contributed by atoms with Crippen LogP contribution in [-0.2, 0) is 6.42 Å². The van der Waals surface area contributed by atoms with E-state index in [-0.39, 0.29) is 5.69 Å². The number of benzene rings is 2. The average Bonchev–Trinajstić information content (AvgIpc) is 2.59. The maximum atomic E-state index is 10.9. The maximum absolute atomic E-state index is 10.9. The van der Waals surface area contributed by atoms with Gasteiger partial charge in [0.2, 0.25) is 0 Å². The molecular weight excluding hydrogens is 324 g/mol. The van der Waals surface area contributed by atoms with Gasteiger partial charge in [0.1, 0.15) is 5.69 Å². The highest BCUT2D eigenvalue weighted by Crippen LogP contribution is 2.22. The van der Waals surface area contributed by atoms with Crippen molar-refractivity contribution in [2.75, 3.05) is 23.7 Å². The summed E-state index contributed by atoms with van der Waals surface area (Å²) in [5.41, 5.74) is 2.75. The zero-order valence-electron chi connectivity index (χ0n) is 13.4. The van der Waals surface area contributed by atoms with Crippen molar-refractivity contribution in [3.8, 4) is 0 Å². The summed E-state index contributed by atoms with van der Waals surface area (Å²) >= 11 is 5.28. The lowest BCUT2D eigenvalue weighted by molar-refractivity contribution is -0.384. The van der Waals surface area contributed by atoms with Gasteiger partial charge in [-0.25, -0.2) is 0 Å². The Morgan fingerprint density at radius 2 is 1.75 bits per heavy atom. The molecule has 6 nitrogen and oxygen atoms in total. The Labute approximate surface area is 146 Å². The average molecular weight is 344 g/mol. The molecular formula is C17H20N4O2S. The quantitative estimate of drug-likeness (QED) is 0.308. The zero-order chi connectivity index (χ0) is 17.4. The van der Waals surface area contributed by atoms with Crippen LogP contribution in [-0.4, -0.2) is 23.1 Å². The van der Waals surface area contributed by atoms with Crippen molar-refractivity contribution in [1.29, 1.82) is 0 Å². The van der Waals surface area contributed by atoms with Gasteiger partial charge in [-0.2, -0.15) is 0 Å². The Hall–Kier alpha value is -2.67. The lowest BCUT2D eigenvalue weighted by Gasteiger charge is -2.14. The second-order valence-electron chi connectivity index (χ2n) is 5.09. The Bertz CT molecular complexity index is 721. The van der Waals surface area contributed by atoms with E-state index in [4.69, 9.17) is 12.2 Å². The summed E-state index contributed by atoms with van der Waals surface area (Å²) in [5, 5.41) is 20.8. The largest absolute Gasteiger partial charge is 0.378 e. The fourth-order valence-corrected chi connectivity index (χ4v) is 2.48. The van der Waals surface area contributed by atoms with Crippen LogP contribution >= 0.6 is 12.2 Å². The molecule has 7 heteroatoms. The third-order valence-electron chi connectivity index (χ3n) is 3.47. The topological polar surface area (TPSA) is 79.2 Å². The van der Waals surface area contributed by atoms with Crippen molar-refractivity contribution in [1.82, 2.24) is 5.32 Å². The molecule has 2 aromatic carbocycles. The van der Waals surface area contributed by atoms with Gasteiger partial charge < -0.3 is 16.0 Å². The number of nitrogens with zero attached hydrogens (tertiary/aromatic N) is 1. The van der Waals surface area contributed by atoms with E-state index < -0.39 is 4.92 Å². The van der Waals surface area contributed by atoms with Crippen molar-refractivity contribution >= 4 is 34.4 Å². The van der Waals surface area contributed by atoms with Gasteiger partial charge in [-0.15, -0.1) is 0 Å². The first-order valence-electron chi connectivity index (χ1n) is 7.72. The van der Waals surface area contributed by atoms with E-state index in [1.54, 1.807) is 18.2 Å². The lowest BCUT2D eigenvalue weighted by atomic mass is 10.1. The van der Waals surface area contributed by atoms with Gasteiger partial charge in [-0.05, 0) is 36.3 Å². The molecule has 0 amide bonds. The molecule has 0 bridgehead atoms. The number of hydrogen-bond acceptors (Lipinski definition) is 4. The number of nitro groups is 1. The van der Waals surface area contributed by atoms with Gasteiger partial charge in [-0.1, -0.05) is 37.3 Å². The Morgan fingerprint density at radius 1 is 1.08 bits per heavy atom. The van der Waals surface area contributed by atoms with Crippen LogP contribution in [0.15, 0.2) is 48.5 Å². The molecule has 0 aliphatic rings. The van der Waals surface area contributed by atoms with E-state index in [9.17, 15) is 10.1 Å². The third kappa shape index (κ3) is 4.92. The highest BCUT2D eigenvalue weighted by molar-refractivity contribution is 7.80. The minimum Gasteiger partial charge on any atom is -0.378 e. The number of rotatable bonds is 7. The van der Waals surface area contributed by atoms with Gasteiger partial charge in [0.25, 0.3) is 5.69 Å². The second-order valence-corrected chi connectivity index (χ2v) is 5.50. The molecule has 0 unspecified atom stereocenters. The molecule has 126 valence electrons. The molecule has 2 rings (SSSR count). The second kappa shape index (κ2) is 8.83. The normalized spacial score (nSPS) is 10.0. The maximum Gasteiger partial charge on any atom is 0.292 e. The number of thiocarbonyl (C=S) groups is 1. The van der Waals surface area contributed by atoms with Crippen molar-refractivity contribution in [3.05, 3.63) is 64.2 Å². The van der Waals surface area contributed by atoms with Crippen LogP contribution < -0.4 is 16.0 Å². The summed E-state index contributed by atoms with van der Waals surface area (Å²) in [6.45, 7) is 3.15. The van der Waals surface area contributed by atoms with Crippen LogP contribution in [0, 0.1) is 10.1 Å². The van der Waals surface area contributed by atoms with Gasteiger partial charge in [0.05, 0.1) is 4.92 Å². The predicted octanol–water partition coefficient (Wildman–Crippen LogP) is 3.56. The van der Waals surface area contributed by atoms with E-state index in [0.717, 1.165) is 12.1 Å². The molecule has 0 fully saturated rings. The number of nitrogens with one attached hydrogen (secondary N) is 3. The van der Waals surface area contributed by atoms with Crippen molar-refractivity contribution in [2.45, 2.75) is 13.3 Å². The first-order chi connectivity index (χ1) is 11.6. The third-order valence-corrected chi connectivity index (χ3v) is 3.72. The van der Waals surface area contributed by atoms with Crippen LogP contribution in [0.1, 0.15) is 12.5 Å². The molecule has 0 saturated heterocycles. The number of aryl methyl sites for hydroxylation is 1. The fourth-order valence-electron chi connectivity index (χ4n) is 2.27. The van der Waals surface area contributed by atoms with E-state index in [1.807, 2.05) is 18.2 Å². The molecule has 0 aliphatic carbocycles. The molecule has 2 aromatic rings. The van der Waals surface area contributed by atoms with Crippen LogP contribution in [0.3, 0.4) is 0 Å². The van der Waals surface area contributed by atoms with Crippen molar-refractivity contribution in [3.63, 3.8) is 0 Å². The van der Waals surface area contributed by atoms with E-state index in [1.165, 1.54) is 11.6 Å². The van der Waals surface area contributed by atoms with Crippen LogP contribution in [0.25, 0.3) is 0 Å². The minimum absolute atomic E-state index is 0.0649. The van der Waals surface area contributed by atoms with Crippen LogP contribution in [0.4, 0.5) is 17.1 Å². The molecule has 3 N–H and O–H groups in total. The van der Waals surface area contributed by atoms with E-state index in [2.05, 4.69) is 28.9 Å². The summed E-state index contributed by atoms with van der Waals surface area (Å²) in [4.78, 5) is 10.5. The molecule has 0 heterocycles. The SMILES string of the molecule is CCc1ccccc1NC(=S)NCCNc1ccccc1[N+](=O)[O-]. The molecule has 0 radical (unpaired) electrons. The zero-order valence-corrected chi connectivity index (χ0v) is 14.2. The molecule has 0 aromatic heterocycles. The fraction of sp³-hybridized carbons (Fsp3) is 0.235. The highest BCUT2D eigenvalue weighted by atomic mass is 32.1. The van der Waals surface area contributed by atoms with Crippen LogP contribution in [0.2, 0.25) is 0 Å².